The Morgan fingerprint density at radius 2 is 1.85 bits per heavy atom. The summed E-state index contributed by atoms with van der Waals surface area (Å²) >= 11 is 1.01. The van der Waals surface area contributed by atoms with Crippen LogP contribution in [0.15, 0.2) is 59.5 Å². The molecule has 2 aromatic carbocycles. The summed E-state index contributed by atoms with van der Waals surface area (Å²) in [5, 5.41) is 2.44. The lowest BCUT2D eigenvalue weighted by atomic mass is 10.1. The Hall–Kier alpha value is -2.71. The number of carbonyl (C=O) groups is 1. The van der Waals surface area contributed by atoms with E-state index in [1.807, 2.05) is 0 Å². The van der Waals surface area contributed by atoms with Crippen molar-refractivity contribution in [3.8, 4) is 10.4 Å². The minimum absolute atomic E-state index is 0.288. The average molecular weight is 389 g/mol. The third-order valence-electron chi connectivity index (χ3n) is 3.73. The first-order valence-corrected chi connectivity index (χ1v) is 10.3. The van der Waals surface area contributed by atoms with Crippen molar-refractivity contribution < 1.29 is 13.4 Å². The highest BCUT2D eigenvalue weighted by Gasteiger charge is 2.12. The van der Waals surface area contributed by atoms with Gasteiger partial charge >= 0.3 is 0 Å². The lowest BCUT2D eigenvalue weighted by Crippen LogP contribution is -2.13. The van der Waals surface area contributed by atoms with Crippen LogP contribution < -0.4 is 11.1 Å². The summed E-state index contributed by atoms with van der Waals surface area (Å²) in [7, 11) is -2.83. The number of hydrogen-bond donors (Lipinski definition) is 3. The topological polar surface area (TPSA) is 96.0 Å². The van der Waals surface area contributed by atoms with Crippen molar-refractivity contribution in [1.82, 2.24) is 0 Å². The molecule has 1 aromatic heterocycles. The average Bonchev–Trinajstić information content (AvgIpc) is 3.02. The van der Waals surface area contributed by atoms with Gasteiger partial charge in [-0.3, -0.25) is 4.79 Å². The number of nitrogen functional groups attached to an aromatic ring is 1. The Morgan fingerprint density at radius 3 is 2.42 bits per heavy atom. The van der Waals surface area contributed by atoms with Gasteiger partial charge in [0.05, 0.1) is 21.1 Å². The number of benzene rings is 2. The van der Waals surface area contributed by atoms with Gasteiger partial charge in [0.1, 0.15) is 0 Å². The minimum Gasteiger partial charge on any atom is -0.397 e. The second-order valence-electron chi connectivity index (χ2n) is 5.73. The van der Waals surface area contributed by atoms with Crippen LogP contribution in [0.3, 0.4) is 0 Å². The van der Waals surface area contributed by atoms with Crippen LogP contribution in [0.4, 0.5) is 15.8 Å². The van der Waals surface area contributed by atoms with Crippen molar-refractivity contribution in [2.45, 2.75) is 4.90 Å². The molecule has 4 N–H and O–H groups in total. The van der Waals surface area contributed by atoms with Crippen LogP contribution in [-0.4, -0.2) is 16.4 Å². The maximum Gasteiger partial charge on any atom is 0.255 e. The van der Waals surface area contributed by atoms with Gasteiger partial charge in [-0.2, -0.15) is 4.39 Å². The Kier molecular flexibility index (Phi) is 4.80. The molecule has 1 amide bonds. The molecular weight excluding hydrogens is 373 g/mol. The van der Waals surface area contributed by atoms with Crippen LogP contribution in [-0.2, 0) is 9.73 Å². The Bertz CT molecular complexity index is 1070. The molecule has 0 spiro atoms. The number of nitrogens with one attached hydrogen (secondary N) is 2. The van der Waals surface area contributed by atoms with E-state index in [9.17, 15) is 13.4 Å². The lowest BCUT2D eigenvalue weighted by Gasteiger charge is -2.10. The molecular formula is C18H16FN3O2S2. The third-order valence-corrected chi connectivity index (χ3v) is 5.82. The summed E-state index contributed by atoms with van der Waals surface area (Å²) in [5.41, 5.74) is 7.84. The number of anilines is 2. The molecule has 1 unspecified atom stereocenters. The Balaban J connectivity index is 1.85. The third kappa shape index (κ3) is 3.92. The fourth-order valence-electron chi connectivity index (χ4n) is 2.35. The monoisotopic (exact) mass is 389 g/mol. The van der Waals surface area contributed by atoms with Crippen LogP contribution in [0.2, 0.25) is 0 Å². The van der Waals surface area contributed by atoms with Gasteiger partial charge in [-0.15, -0.1) is 11.3 Å². The summed E-state index contributed by atoms with van der Waals surface area (Å²) in [6.45, 7) is 0. The first-order chi connectivity index (χ1) is 12.2. The van der Waals surface area contributed by atoms with Crippen LogP contribution in [0.1, 0.15) is 10.4 Å². The fraction of sp³-hybridized carbons (Fsp3) is 0.0556. The molecule has 0 radical (unpaired) electrons. The SMILES string of the molecule is CS(=N)(=O)c1ccc(C(=O)Nc2cc(-c3ccc(F)s3)ccc2N)cc1. The van der Waals surface area contributed by atoms with E-state index < -0.39 is 9.73 Å². The van der Waals surface area contributed by atoms with E-state index in [0.29, 0.717) is 21.8 Å². The van der Waals surface area contributed by atoms with Crippen LogP contribution >= 0.6 is 11.3 Å². The zero-order valence-corrected chi connectivity index (χ0v) is 15.4. The molecule has 0 saturated carbocycles. The minimum atomic E-state index is -2.83. The van der Waals surface area contributed by atoms with Crippen molar-refractivity contribution in [2.75, 3.05) is 17.3 Å². The summed E-state index contributed by atoms with van der Waals surface area (Å²) in [4.78, 5) is 13.5. The standard InChI is InChI=1S/C18H16FN3O2S2/c1-26(21,24)13-5-2-11(3-6-13)18(23)22-15-10-12(4-7-14(15)20)16-8-9-17(19)25-16/h2-10,21H,20H2,1H3,(H,22,23). The molecule has 134 valence electrons. The van der Waals surface area contributed by atoms with E-state index in [1.54, 1.807) is 24.3 Å². The van der Waals surface area contributed by atoms with Gasteiger partial charge < -0.3 is 11.1 Å². The number of nitrogens with two attached hydrogens (primary N) is 1. The summed E-state index contributed by atoms with van der Waals surface area (Å²) in [5.74, 6) is -0.384. The van der Waals surface area contributed by atoms with Gasteiger partial charge in [-0.1, -0.05) is 6.07 Å². The molecule has 1 heterocycles. The molecule has 0 aliphatic heterocycles. The highest BCUT2D eigenvalue weighted by atomic mass is 32.2. The number of carbonyl (C=O) groups excluding carboxylic acids is 1. The van der Waals surface area contributed by atoms with Crippen molar-refractivity contribution in [2.24, 2.45) is 0 Å². The molecule has 0 saturated heterocycles. The first kappa shape index (κ1) is 18.1. The van der Waals surface area contributed by atoms with E-state index in [-0.39, 0.29) is 11.0 Å². The molecule has 3 rings (SSSR count). The lowest BCUT2D eigenvalue weighted by molar-refractivity contribution is 0.102. The van der Waals surface area contributed by atoms with E-state index in [1.165, 1.54) is 36.6 Å². The van der Waals surface area contributed by atoms with Crippen LogP contribution in [0.5, 0.6) is 0 Å². The molecule has 0 aliphatic rings. The number of rotatable bonds is 4. The van der Waals surface area contributed by atoms with Crippen LogP contribution in [0, 0.1) is 9.91 Å². The maximum absolute atomic E-state index is 13.2. The Labute approximate surface area is 154 Å². The number of thiophene rings is 1. The molecule has 26 heavy (non-hydrogen) atoms. The zero-order chi connectivity index (χ0) is 18.9. The summed E-state index contributed by atoms with van der Waals surface area (Å²) in [6.07, 6.45) is 1.32. The van der Waals surface area contributed by atoms with Gasteiger partial charge in [0, 0.05) is 21.6 Å². The van der Waals surface area contributed by atoms with Gasteiger partial charge in [-0.25, -0.2) is 8.99 Å². The number of halogens is 1. The molecule has 0 fully saturated rings. The smallest absolute Gasteiger partial charge is 0.255 e. The van der Waals surface area contributed by atoms with E-state index in [4.69, 9.17) is 10.5 Å². The molecule has 0 aliphatic carbocycles. The number of amides is 1. The summed E-state index contributed by atoms with van der Waals surface area (Å²) < 4.78 is 32.5. The van der Waals surface area contributed by atoms with Gasteiger partial charge in [0.15, 0.2) is 5.13 Å². The molecule has 1 atom stereocenters. The van der Waals surface area contributed by atoms with Gasteiger partial charge in [0.2, 0.25) is 0 Å². The normalized spacial score (nSPS) is 13.2. The zero-order valence-electron chi connectivity index (χ0n) is 13.8. The van der Waals surface area contributed by atoms with Crippen molar-refractivity contribution in [3.63, 3.8) is 0 Å². The first-order valence-electron chi connectivity index (χ1n) is 7.54. The highest BCUT2D eigenvalue weighted by molar-refractivity contribution is 7.91. The Morgan fingerprint density at radius 1 is 1.15 bits per heavy atom. The second kappa shape index (κ2) is 6.89. The maximum atomic E-state index is 13.2. The largest absolute Gasteiger partial charge is 0.397 e. The second-order valence-corrected chi connectivity index (χ2v) is 8.92. The van der Waals surface area contributed by atoms with E-state index in [2.05, 4.69) is 5.32 Å². The predicted molar refractivity (Wildman–Crippen MR) is 104 cm³/mol. The molecule has 3 aromatic rings. The van der Waals surface area contributed by atoms with Crippen molar-refractivity contribution in [3.05, 3.63) is 65.3 Å². The van der Waals surface area contributed by atoms with E-state index >= 15 is 0 Å². The molecule has 5 nitrogen and oxygen atoms in total. The van der Waals surface area contributed by atoms with Crippen LogP contribution in [0.25, 0.3) is 10.4 Å². The van der Waals surface area contributed by atoms with Crippen molar-refractivity contribution in [1.29, 1.82) is 4.78 Å². The van der Waals surface area contributed by atoms with E-state index in [0.717, 1.165) is 21.8 Å². The van der Waals surface area contributed by atoms with Gasteiger partial charge in [-0.05, 0) is 54.1 Å². The summed E-state index contributed by atoms with van der Waals surface area (Å²) in [6, 6.07) is 14.2. The molecule has 0 bridgehead atoms. The predicted octanol–water partition coefficient (Wildman–Crippen LogP) is 4.42. The molecule has 8 heteroatoms. The van der Waals surface area contributed by atoms with Crippen molar-refractivity contribution >= 4 is 38.3 Å². The van der Waals surface area contributed by atoms with Gasteiger partial charge in [0.25, 0.3) is 5.91 Å². The fourth-order valence-corrected chi connectivity index (χ4v) is 3.73. The number of hydrogen-bond acceptors (Lipinski definition) is 5. The quantitative estimate of drug-likeness (QED) is 0.576. The highest BCUT2D eigenvalue weighted by Crippen LogP contribution is 2.31.